The number of aryl methyl sites for hydroxylation is 2. The van der Waals surface area contributed by atoms with E-state index in [0.717, 1.165) is 56.7 Å². The predicted octanol–water partition coefficient (Wildman–Crippen LogP) is 7.90. The number of fused-ring (bicyclic) bond motifs is 7. The Kier molecular flexibility index (Phi) is 9.14. The first-order valence-electron chi connectivity index (χ1n) is 15.7. The van der Waals surface area contributed by atoms with Crippen LogP contribution in [0.2, 0.25) is 0 Å². The van der Waals surface area contributed by atoms with E-state index in [1.54, 1.807) is 22.7 Å². The molecule has 8 nitrogen and oxygen atoms in total. The Labute approximate surface area is 271 Å². The van der Waals surface area contributed by atoms with Gasteiger partial charge in [0, 0.05) is 30.6 Å². The minimum atomic E-state index is 0.0911. The van der Waals surface area contributed by atoms with Gasteiger partial charge in [0.05, 0.1) is 53.3 Å². The first-order valence-corrected chi connectivity index (χ1v) is 17.3. The van der Waals surface area contributed by atoms with E-state index in [-0.39, 0.29) is 5.91 Å². The molecule has 1 amide bonds. The number of aromatic nitrogens is 3. The predicted molar refractivity (Wildman–Crippen MR) is 185 cm³/mol. The number of nitrogens with one attached hydrogen (secondary N) is 2. The van der Waals surface area contributed by atoms with Crippen molar-refractivity contribution in [3.05, 3.63) is 51.5 Å². The summed E-state index contributed by atoms with van der Waals surface area (Å²) in [5.41, 5.74) is 9.53. The molecule has 5 aromatic rings. The van der Waals surface area contributed by atoms with Crippen molar-refractivity contribution in [3.8, 4) is 21.8 Å². The minimum absolute atomic E-state index is 0.0911. The highest BCUT2D eigenvalue weighted by Gasteiger charge is 2.31. The molecule has 1 aliphatic heterocycles. The first-order chi connectivity index (χ1) is 22.0. The Bertz CT molecular complexity index is 1860. The van der Waals surface area contributed by atoms with Crippen molar-refractivity contribution < 1.29 is 14.4 Å². The van der Waals surface area contributed by atoms with Crippen molar-refractivity contribution in [1.29, 1.82) is 0 Å². The average molecular weight is 642 g/mol. The third-order valence-electron chi connectivity index (χ3n) is 9.16. The molecule has 45 heavy (non-hydrogen) atoms. The lowest BCUT2D eigenvalue weighted by molar-refractivity contribution is -0.0987. The Morgan fingerprint density at radius 1 is 1.00 bits per heavy atom. The molecule has 2 N–H and O–H groups in total. The van der Waals surface area contributed by atoms with Crippen molar-refractivity contribution in [1.82, 2.24) is 19.9 Å². The number of hydrogen-bond donors (Lipinski definition) is 2. The standard InChI is InChI=1S/C33H35N5OS2.2CH2O/c1-18-31(40-19(2)36-18)25-13-10-22-24(37-25)12-11-23-29(22)34-14-15-38-26-16-27(33(39)35-17-20-8-9-20)41-32(26)28(30(23)38)21-6-4-3-5-7-21;2*1-2/h10-13,16,20-21,34H,3-9,14-15,17H2,1-2H3,(H,35,39);2*1H2. The largest absolute Gasteiger partial charge is 0.382 e. The molecular weight excluding hydrogens is 603 g/mol. The van der Waals surface area contributed by atoms with Gasteiger partial charge in [-0.25, -0.2) is 9.97 Å². The van der Waals surface area contributed by atoms with Crippen LogP contribution in [-0.4, -0.2) is 47.1 Å². The molecule has 5 heterocycles. The maximum Gasteiger partial charge on any atom is 0.261 e. The van der Waals surface area contributed by atoms with Crippen molar-refractivity contribution in [3.63, 3.8) is 0 Å². The topological polar surface area (TPSA) is 106 Å². The summed E-state index contributed by atoms with van der Waals surface area (Å²) in [6.07, 6.45) is 8.82. The van der Waals surface area contributed by atoms with E-state index in [1.807, 2.05) is 13.6 Å². The lowest BCUT2D eigenvalue weighted by Crippen LogP contribution is -2.24. The number of thiophene rings is 1. The number of carbonyl (C=O) groups excluding carboxylic acids is 3. The van der Waals surface area contributed by atoms with Crippen LogP contribution >= 0.6 is 22.7 Å². The van der Waals surface area contributed by atoms with Crippen molar-refractivity contribution >= 4 is 69.0 Å². The van der Waals surface area contributed by atoms with Crippen molar-refractivity contribution in [2.24, 2.45) is 5.92 Å². The highest BCUT2D eigenvalue weighted by Crippen LogP contribution is 2.50. The summed E-state index contributed by atoms with van der Waals surface area (Å²) in [5, 5.41) is 9.23. The van der Waals surface area contributed by atoms with Crippen LogP contribution < -0.4 is 10.6 Å². The second-order valence-corrected chi connectivity index (χ2v) is 14.3. The maximum absolute atomic E-state index is 13.1. The van der Waals surface area contributed by atoms with E-state index in [0.29, 0.717) is 11.8 Å². The van der Waals surface area contributed by atoms with Crippen LogP contribution in [-0.2, 0) is 16.1 Å². The van der Waals surface area contributed by atoms with Gasteiger partial charge in [0.25, 0.3) is 5.91 Å². The van der Waals surface area contributed by atoms with Gasteiger partial charge in [0.1, 0.15) is 13.6 Å². The molecule has 10 heteroatoms. The number of nitrogens with zero attached hydrogens (tertiary/aromatic N) is 3. The smallest absolute Gasteiger partial charge is 0.261 e. The number of carbonyl (C=O) groups is 3. The molecule has 0 spiro atoms. The van der Waals surface area contributed by atoms with Gasteiger partial charge < -0.3 is 24.8 Å². The molecule has 0 saturated heterocycles. The van der Waals surface area contributed by atoms with Crippen LogP contribution in [0.25, 0.3) is 42.9 Å². The van der Waals surface area contributed by atoms with Crippen LogP contribution in [0.1, 0.15) is 76.8 Å². The highest BCUT2D eigenvalue weighted by molar-refractivity contribution is 7.21. The van der Waals surface area contributed by atoms with Gasteiger partial charge in [0.15, 0.2) is 0 Å². The molecule has 4 aromatic heterocycles. The van der Waals surface area contributed by atoms with E-state index < -0.39 is 0 Å². The fourth-order valence-electron chi connectivity index (χ4n) is 6.98. The number of anilines is 1. The van der Waals surface area contributed by atoms with Gasteiger partial charge in [-0.2, -0.15) is 0 Å². The van der Waals surface area contributed by atoms with Gasteiger partial charge in [-0.05, 0) is 87.3 Å². The molecule has 0 radical (unpaired) electrons. The fraction of sp³-hybridized carbons (Fsp3) is 0.400. The summed E-state index contributed by atoms with van der Waals surface area (Å²) in [5.74, 6) is 1.30. The quantitative estimate of drug-likeness (QED) is 0.202. The zero-order valence-corrected chi connectivity index (χ0v) is 27.5. The molecule has 0 atom stereocenters. The van der Waals surface area contributed by atoms with Crippen LogP contribution in [0.5, 0.6) is 0 Å². The molecular formula is C35H39N5O3S2. The Balaban J connectivity index is 0.000000860. The van der Waals surface area contributed by atoms with Crippen LogP contribution in [0.3, 0.4) is 0 Å². The van der Waals surface area contributed by atoms with Crippen molar-refractivity contribution in [2.75, 3.05) is 18.4 Å². The lowest BCUT2D eigenvalue weighted by Gasteiger charge is -2.23. The summed E-state index contributed by atoms with van der Waals surface area (Å²) in [4.78, 5) is 40.9. The van der Waals surface area contributed by atoms with Crippen LogP contribution in [0, 0.1) is 19.8 Å². The SMILES string of the molecule is C=O.C=O.Cc1nc(C)c(-c2ccc3c4c(ccc3n2)-c2c(C3CCCCC3)c3sc(C(=O)NCC5CC5)cc3n2CCN4)s1. The number of thiazole rings is 1. The van der Waals surface area contributed by atoms with Gasteiger partial charge in [-0.15, -0.1) is 22.7 Å². The zero-order chi connectivity index (χ0) is 31.7. The number of amides is 1. The molecule has 0 unspecified atom stereocenters. The van der Waals surface area contributed by atoms with E-state index in [2.05, 4.69) is 64.4 Å². The normalized spacial score (nSPS) is 16.0. The summed E-state index contributed by atoms with van der Waals surface area (Å²) in [6, 6.07) is 11.0. The summed E-state index contributed by atoms with van der Waals surface area (Å²) < 4.78 is 3.82. The van der Waals surface area contributed by atoms with Gasteiger partial charge in [-0.1, -0.05) is 19.3 Å². The van der Waals surface area contributed by atoms with Gasteiger partial charge in [0.2, 0.25) is 0 Å². The summed E-state index contributed by atoms with van der Waals surface area (Å²) in [7, 11) is 0. The van der Waals surface area contributed by atoms with E-state index in [9.17, 15) is 4.79 Å². The lowest BCUT2D eigenvalue weighted by atomic mass is 9.83. The third-order valence-corrected chi connectivity index (χ3v) is 11.4. The molecule has 2 fully saturated rings. The molecule has 1 aromatic carbocycles. The zero-order valence-electron chi connectivity index (χ0n) is 25.9. The van der Waals surface area contributed by atoms with Gasteiger partial charge >= 0.3 is 0 Å². The van der Waals surface area contributed by atoms with Gasteiger partial charge in [-0.3, -0.25) is 4.79 Å². The molecule has 2 aliphatic carbocycles. The van der Waals surface area contributed by atoms with E-state index >= 15 is 0 Å². The summed E-state index contributed by atoms with van der Waals surface area (Å²) in [6.45, 7) is 10.6. The number of benzene rings is 1. The maximum atomic E-state index is 13.1. The Hall–Kier alpha value is -3.89. The average Bonchev–Trinajstić information content (AvgIpc) is 3.67. The van der Waals surface area contributed by atoms with Crippen LogP contribution in [0.4, 0.5) is 5.69 Å². The van der Waals surface area contributed by atoms with E-state index in [1.165, 1.54) is 77.7 Å². The Morgan fingerprint density at radius 2 is 1.78 bits per heavy atom. The molecule has 8 rings (SSSR count). The summed E-state index contributed by atoms with van der Waals surface area (Å²) >= 11 is 3.42. The second-order valence-electron chi connectivity index (χ2n) is 12.1. The molecule has 0 bridgehead atoms. The minimum Gasteiger partial charge on any atom is -0.382 e. The Morgan fingerprint density at radius 3 is 2.49 bits per heavy atom. The van der Waals surface area contributed by atoms with E-state index in [4.69, 9.17) is 14.6 Å². The monoisotopic (exact) mass is 641 g/mol. The second kappa shape index (κ2) is 13.2. The molecule has 2 saturated carbocycles. The molecule has 234 valence electrons. The number of pyridine rings is 1. The van der Waals surface area contributed by atoms with Crippen LogP contribution in [0.15, 0.2) is 30.3 Å². The highest BCUT2D eigenvalue weighted by atomic mass is 32.1. The number of hydrogen-bond acceptors (Lipinski definition) is 8. The van der Waals surface area contributed by atoms with Crippen molar-refractivity contribution in [2.45, 2.75) is 71.3 Å². The fourth-order valence-corrected chi connectivity index (χ4v) is 9.07. The third kappa shape index (κ3) is 5.81. The molecule has 3 aliphatic rings. The number of rotatable bonds is 5. The first kappa shape index (κ1) is 31.1.